The zero-order valence-electron chi connectivity index (χ0n) is 13.8. The summed E-state index contributed by atoms with van der Waals surface area (Å²) in [6.07, 6.45) is 2.58. The van der Waals surface area contributed by atoms with Gasteiger partial charge < -0.3 is 4.98 Å². The topological polar surface area (TPSA) is 158 Å². The first-order valence-corrected chi connectivity index (χ1v) is 7.91. The fourth-order valence-electron chi connectivity index (χ4n) is 2.30. The van der Waals surface area contributed by atoms with Gasteiger partial charge in [0, 0.05) is 29.7 Å². The smallest absolute Gasteiger partial charge is 0.270 e. The van der Waals surface area contributed by atoms with Crippen LogP contribution in [0, 0.1) is 20.2 Å². The first kappa shape index (κ1) is 18.8. The number of H-pyrrole nitrogens is 1. The van der Waals surface area contributed by atoms with E-state index in [0.717, 1.165) is 0 Å². The maximum atomic E-state index is 11.2. The third-order valence-corrected chi connectivity index (χ3v) is 3.92. The first-order chi connectivity index (χ1) is 13.4. The number of nitro groups is 2. The lowest BCUT2D eigenvalue weighted by atomic mass is 10.2. The van der Waals surface area contributed by atoms with Crippen molar-refractivity contribution in [2.45, 2.75) is 0 Å². The monoisotopic (exact) mass is 400 g/mol. The molecule has 0 saturated heterocycles. The Hall–Kier alpha value is -3.99. The molecule has 2 aromatic carbocycles. The third-order valence-electron chi connectivity index (χ3n) is 3.62. The Morgan fingerprint density at radius 3 is 2.04 bits per heavy atom. The minimum atomic E-state index is -0.550. The number of nitrogens with one attached hydrogen (secondary N) is 1. The van der Waals surface area contributed by atoms with Crippen molar-refractivity contribution in [2.24, 2.45) is 0 Å². The van der Waals surface area contributed by atoms with Crippen LogP contribution in [0.5, 0.6) is 0 Å². The van der Waals surface area contributed by atoms with E-state index in [9.17, 15) is 25.0 Å². The van der Waals surface area contributed by atoms with Crippen molar-refractivity contribution in [3.05, 3.63) is 84.8 Å². The van der Waals surface area contributed by atoms with Crippen LogP contribution in [0.25, 0.3) is 21.8 Å². The molecule has 4 aromatic rings. The predicted octanol–water partition coefficient (Wildman–Crippen LogP) is 3.02. The molecule has 1 N–H and O–H groups in total. The number of hydrogen-bond donors (Lipinski definition) is 1. The van der Waals surface area contributed by atoms with Gasteiger partial charge in [0.1, 0.15) is 11.5 Å². The number of hydrogen-bond acceptors (Lipinski definition) is 8. The van der Waals surface area contributed by atoms with Crippen LogP contribution in [0.2, 0.25) is 5.15 Å². The number of rotatable bonds is 2. The van der Waals surface area contributed by atoms with Crippen LogP contribution in [0.1, 0.15) is 0 Å². The molecule has 28 heavy (non-hydrogen) atoms. The van der Waals surface area contributed by atoms with Gasteiger partial charge >= 0.3 is 0 Å². The highest BCUT2D eigenvalue weighted by atomic mass is 35.5. The molecule has 4 rings (SSSR count). The quantitative estimate of drug-likeness (QED) is 0.305. The normalized spacial score (nSPS) is 10.3. The summed E-state index contributed by atoms with van der Waals surface area (Å²) in [5, 5.41) is 21.8. The molecule has 11 nitrogen and oxygen atoms in total. The molecule has 0 aliphatic carbocycles. The van der Waals surface area contributed by atoms with Crippen LogP contribution in [0.4, 0.5) is 11.4 Å². The van der Waals surface area contributed by atoms with Crippen LogP contribution < -0.4 is 5.56 Å². The largest absolute Gasteiger partial charge is 0.313 e. The summed E-state index contributed by atoms with van der Waals surface area (Å²) in [5.74, 6) is 0. The molecule has 0 atom stereocenters. The van der Waals surface area contributed by atoms with Gasteiger partial charge in [0.25, 0.3) is 16.9 Å². The van der Waals surface area contributed by atoms with E-state index in [1.807, 2.05) is 0 Å². The minimum Gasteiger partial charge on any atom is -0.313 e. The Bertz CT molecular complexity index is 1280. The molecule has 2 aromatic heterocycles. The Morgan fingerprint density at radius 1 is 0.857 bits per heavy atom. The number of nitro benzene ring substituents is 2. The highest BCUT2D eigenvalue weighted by Gasteiger charge is 2.09. The standard InChI is InChI=1S/C8H4ClN3O2.C8H5N3O3/c9-8-6-3-5(12(13)14)1-2-7(6)10-4-11-8;12-8-6-3-5(11(13)14)1-2-7(6)9-4-10-8/h1-4H;1-4H,(H,9,10,12). The highest BCUT2D eigenvalue weighted by molar-refractivity contribution is 6.34. The Morgan fingerprint density at radius 2 is 1.43 bits per heavy atom. The number of aromatic nitrogens is 4. The molecule has 12 heteroatoms. The maximum Gasteiger partial charge on any atom is 0.270 e. The molecule has 0 bridgehead atoms. The van der Waals surface area contributed by atoms with Gasteiger partial charge in [-0.1, -0.05) is 11.6 Å². The van der Waals surface area contributed by atoms with Gasteiger partial charge in [-0.2, -0.15) is 0 Å². The number of non-ortho nitro benzene ring substituents is 2. The molecule has 0 fully saturated rings. The van der Waals surface area contributed by atoms with E-state index in [2.05, 4.69) is 19.9 Å². The van der Waals surface area contributed by atoms with Gasteiger partial charge in [0.05, 0.1) is 32.6 Å². The lowest BCUT2D eigenvalue weighted by molar-refractivity contribution is -0.384. The van der Waals surface area contributed by atoms with Crippen molar-refractivity contribution >= 4 is 44.8 Å². The maximum absolute atomic E-state index is 11.2. The van der Waals surface area contributed by atoms with E-state index >= 15 is 0 Å². The molecular formula is C16H9ClN6O5. The molecule has 0 unspecified atom stereocenters. The molecule has 140 valence electrons. The molecule has 0 amide bonds. The molecule has 0 aliphatic rings. The van der Waals surface area contributed by atoms with Crippen molar-refractivity contribution in [2.75, 3.05) is 0 Å². The number of nitrogens with zero attached hydrogens (tertiary/aromatic N) is 5. The Balaban J connectivity index is 0.000000161. The van der Waals surface area contributed by atoms with Crippen molar-refractivity contribution in [3.63, 3.8) is 0 Å². The van der Waals surface area contributed by atoms with E-state index < -0.39 is 9.85 Å². The molecule has 0 radical (unpaired) electrons. The number of fused-ring (bicyclic) bond motifs is 2. The van der Waals surface area contributed by atoms with Crippen molar-refractivity contribution in [1.82, 2.24) is 19.9 Å². The van der Waals surface area contributed by atoms with E-state index in [0.29, 0.717) is 16.4 Å². The van der Waals surface area contributed by atoms with Crippen LogP contribution in [-0.2, 0) is 0 Å². The summed E-state index contributed by atoms with van der Waals surface area (Å²) in [4.78, 5) is 45.0. The second kappa shape index (κ2) is 7.72. The van der Waals surface area contributed by atoms with Gasteiger partial charge in [-0.3, -0.25) is 25.0 Å². The van der Waals surface area contributed by atoms with Gasteiger partial charge in [0.2, 0.25) is 0 Å². The SMILES string of the molecule is O=[N+]([O-])c1ccc2ncnc(Cl)c2c1.O=c1[nH]cnc2ccc([N+](=O)[O-])cc12. The number of aromatic amines is 1. The van der Waals surface area contributed by atoms with E-state index in [4.69, 9.17) is 11.6 Å². The Kier molecular flexibility index (Phi) is 5.18. The summed E-state index contributed by atoms with van der Waals surface area (Å²) in [6, 6.07) is 8.25. The lowest BCUT2D eigenvalue weighted by Gasteiger charge is -1.97. The molecule has 0 spiro atoms. The fraction of sp³-hybridized carbons (Fsp3) is 0. The zero-order valence-corrected chi connectivity index (χ0v) is 14.5. The second-order valence-corrected chi connectivity index (χ2v) is 5.67. The lowest BCUT2D eigenvalue weighted by Crippen LogP contribution is -2.06. The van der Waals surface area contributed by atoms with Crippen LogP contribution >= 0.6 is 11.6 Å². The summed E-state index contributed by atoms with van der Waals surface area (Å²) >= 11 is 5.76. The van der Waals surface area contributed by atoms with Crippen molar-refractivity contribution in [1.29, 1.82) is 0 Å². The third kappa shape index (κ3) is 3.88. The van der Waals surface area contributed by atoms with E-state index in [-0.39, 0.29) is 27.5 Å². The number of benzene rings is 2. The zero-order chi connectivity index (χ0) is 20.3. The fourth-order valence-corrected chi connectivity index (χ4v) is 2.49. The summed E-state index contributed by atoms with van der Waals surface area (Å²) in [6.45, 7) is 0. The average molecular weight is 401 g/mol. The summed E-state index contributed by atoms with van der Waals surface area (Å²) < 4.78 is 0. The van der Waals surface area contributed by atoms with Gasteiger partial charge in [-0.05, 0) is 12.1 Å². The van der Waals surface area contributed by atoms with Crippen LogP contribution in [0.15, 0.2) is 53.8 Å². The molecule has 2 heterocycles. The van der Waals surface area contributed by atoms with Crippen molar-refractivity contribution < 1.29 is 9.85 Å². The molecular weight excluding hydrogens is 392 g/mol. The van der Waals surface area contributed by atoms with Crippen LogP contribution in [0.3, 0.4) is 0 Å². The molecule has 0 aliphatic heterocycles. The highest BCUT2D eigenvalue weighted by Crippen LogP contribution is 2.23. The number of halogens is 1. The van der Waals surface area contributed by atoms with Gasteiger partial charge in [-0.25, -0.2) is 15.0 Å². The van der Waals surface area contributed by atoms with E-state index in [1.165, 1.54) is 43.0 Å². The summed E-state index contributed by atoms with van der Waals surface area (Å²) in [5.41, 5.74) is 0.527. The second-order valence-electron chi connectivity index (χ2n) is 5.31. The van der Waals surface area contributed by atoms with Crippen LogP contribution in [-0.4, -0.2) is 29.8 Å². The Labute approximate surface area is 160 Å². The van der Waals surface area contributed by atoms with Gasteiger partial charge in [0.15, 0.2) is 0 Å². The van der Waals surface area contributed by atoms with E-state index in [1.54, 1.807) is 6.07 Å². The predicted molar refractivity (Wildman–Crippen MR) is 100 cm³/mol. The molecule has 0 saturated carbocycles. The van der Waals surface area contributed by atoms with Gasteiger partial charge in [-0.15, -0.1) is 0 Å². The minimum absolute atomic E-state index is 0.0193. The summed E-state index contributed by atoms with van der Waals surface area (Å²) in [7, 11) is 0. The van der Waals surface area contributed by atoms with Crippen molar-refractivity contribution in [3.8, 4) is 0 Å². The average Bonchev–Trinajstić information content (AvgIpc) is 2.68. The first-order valence-electron chi connectivity index (χ1n) is 7.53.